The van der Waals surface area contributed by atoms with Crippen LogP contribution in [-0.2, 0) is 31.9 Å². The Morgan fingerprint density at radius 2 is 0.629 bits per heavy atom. The van der Waals surface area contributed by atoms with Crippen LogP contribution in [0.4, 0.5) is 11.4 Å². The van der Waals surface area contributed by atoms with Crippen molar-refractivity contribution in [2.45, 2.75) is 184 Å². The molecule has 0 atom stereocenters. The molecule has 376 valence electrons. The van der Waals surface area contributed by atoms with E-state index in [1.165, 1.54) is 83.6 Å². The molecule has 0 bridgehead atoms. The van der Waals surface area contributed by atoms with Crippen LogP contribution in [0.2, 0.25) is 0 Å². The zero-order chi connectivity index (χ0) is 51.3. The molecule has 6 aromatic rings. The van der Waals surface area contributed by atoms with Gasteiger partial charge in [-0.3, -0.25) is 10.2 Å². The maximum atomic E-state index is 14.4. The number of unbranched alkanes of at least 4 members (excludes halogenated alkanes) is 4. The molecule has 0 aliphatic carbocycles. The zero-order valence-electron chi connectivity index (χ0n) is 46.1. The van der Waals surface area contributed by atoms with Gasteiger partial charge in [0.05, 0.1) is 0 Å². The molecule has 6 heteroatoms. The van der Waals surface area contributed by atoms with Crippen molar-refractivity contribution in [2.24, 2.45) is 0 Å². The van der Waals surface area contributed by atoms with E-state index in [-0.39, 0.29) is 33.2 Å². The van der Waals surface area contributed by atoms with Crippen molar-refractivity contribution >= 4 is 34.0 Å². The van der Waals surface area contributed by atoms with E-state index in [2.05, 4.69) is 206 Å². The first-order valence-corrected chi connectivity index (χ1v) is 28.3. The summed E-state index contributed by atoms with van der Waals surface area (Å²) in [5, 5.41) is 28.9. The minimum Gasteiger partial charge on any atom is -0.372 e. The van der Waals surface area contributed by atoms with Crippen LogP contribution in [0.5, 0.6) is 11.5 Å². The van der Waals surface area contributed by atoms with Crippen LogP contribution in [0.25, 0.3) is 52.9 Å². The van der Waals surface area contributed by atoms with Crippen molar-refractivity contribution in [3.05, 3.63) is 107 Å². The topological polar surface area (TPSA) is 46.3 Å². The largest absolute Gasteiger partial charge is 0.372 e. The van der Waals surface area contributed by atoms with Crippen molar-refractivity contribution < 1.29 is 10.2 Å². The lowest BCUT2D eigenvalue weighted by Gasteiger charge is -2.27. The van der Waals surface area contributed by atoms with Gasteiger partial charge in [-0.2, -0.15) is 0 Å². The zero-order valence-corrected chi connectivity index (χ0v) is 47.7. The van der Waals surface area contributed by atoms with Crippen molar-refractivity contribution in [2.75, 3.05) is 36.0 Å². The molecule has 0 saturated carbocycles. The van der Waals surface area contributed by atoms with Gasteiger partial charge in [0.1, 0.15) is 0 Å². The summed E-state index contributed by atoms with van der Waals surface area (Å²) in [7, 11) is 0. The van der Waals surface area contributed by atoms with Gasteiger partial charge >= 0.3 is 0 Å². The lowest BCUT2D eigenvalue weighted by molar-refractivity contribution is 0.326. The maximum Gasteiger partial charge on any atom is 0.186 e. The highest BCUT2D eigenvalue weighted by Crippen LogP contribution is 2.54. The van der Waals surface area contributed by atoms with E-state index in [1.54, 1.807) is 0 Å². The number of nitrogens with zero attached hydrogens (tertiary/aromatic N) is 2. The van der Waals surface area contributed by atoms with Crippen LogP contribution >= 0.6 is 22.7 Å². The average Bonchev–Trinajstić information content (AvgIpc) is 3.94. The summed E-state index contributed by atoms with van der Waals surface area (Å²) in [6.45, 7) is 39.3. The second kappa shape index (κ2) is 22.5. The van der Waals surface area contributed by atoms with E-state index >= 15 is 0 Å². The average molecular weight is 980 g/mol. The smallest absolute Gasteiger partial charge is 0.186 e. The molecule has 6 rings (SSSR count). The second-order valence-corrected chi connectivity index (χ2v) is 26.1. The normalized spacial score (nSPS) is 12.5. The van der Waals surface area contributed by atoms with Crippen molar-refractivity contribution in [3.8, 4) is 64.4 Å². The predicted molar refractivity (Wildman–Crippen MR) is 308 cm³/mol. The Kier molecular flexibility index (Phi) is 17.6. The molecular weight excluding hydrogens is 893 g/mol. The van der Waals surface area contributed by atoms with Crippen molar-refractivity contribution in [1.82, 2.24) is 0 Å². The highest BCUT2D eigenvalue weighted by Gasteiger charge is 2.32. The molecule has 2 radical (unpaired) electrons. The molecule has 0 saturated heterocycles. The van der Waals surface area contributed by atoms with Gasteiger partial charge in [-0.25, -0.2) is 0 Å². The molecule has 0 aliphatic heterocycles. The number of benzene rings is 4. The van der Waals surface area contributed by atoms with Crippen LogP contribution in [0.1, 0.15) is 184 Å². The number of hydrogen-bond donors (Lipinski definition) is 0. The molecule has 4 nitrogen and oxygen atoms in total. The van der Waals surface area contributed by atoms with Gasteiger partial charge in [-0.1, -0.05) is 161 Å². The number of rotatable bonds is 19. The molecule has 0 spiro atoms. The monoisotopic (exact) mass is 979 g/mol. The van der Waals surface area contributed by atoms with Gasteiger partial charge in [-0.05, 0) is 130 Å². The van der Waals surface area contributed by atoms with E-state index < -0.39 is 0 Å². The minimum absolute atomic E-state index is 0.139. The second-order valence-electron chi connectivity index (χ2n) is 24.0. The first kappa shape index (κ1) is 54.8. The Balaban J connectivity index is 1.67. The Labute approximate surface area is 433 Å². The molecule has 2 aromatic heterocycles. The fourth-order valence-corrected chi connectivity index (χ4v) is 11.8. The summed E-state index contributed by atoms with van der Waals surface area (Å²) in [4.78, 5) is 9.79. The van der Waals surface area contributed by atoms with E-state index in [1.807, 2.05) is 22.7 Å². The maximum absolute atomic E-state index is 14.4. The number of thiophene rings is 2. The van der Waals surface area contributed by atoms with Gasteiger partial charge in [0, 0.05) is 90.4 Å². The van der Waals surface area contributed by atoms with E-state index in [0.29, 0.717) is 0 Å². The minimum atomic E-state index is -0.354. The molecule has 0 fully saturated rings. The summed E-state index contributed by atoms with van der Waals surface area (Å²) in [5.41, 5.74) is 11.3. The molecular formula is C64H86N2O2S2. The lowest BCUT2D eigenvalue weighted by Crippen LogP contribution is -2.25. The van der Waals surface area contributed by atoms with E-state index in [4.69, 9.17) is 0 Å². The van der Waals surface area contributed by atoms with Gasteiger partial charge in [0.2, 0.25) is 0 Å². The summed E-state index contributed by atoms with van der Waals surface area (Å²) in [6.07, 6.45) is 9.40. The van der Waals surface area contributed by atoms with Gasteiger partial charge in [0.15, 0.2) is 11.5 Å². The highest BCUT2D eigenvalue weighted by molar-refractivity contribution is 7.20. The summed E-state index contributed by atoms with van der Waals surface area (Å²) < 4.78 is 0. The van der Waals surface area contributed by atoms with Gasteiger partial charge < -0.3 is 9.80 Å². The number of anilines is 2. The third-order valence-electron chi connectivity index (χ3n) is 13.8. The Morgan fingerprint density at radius 1 is 0.371 bits per heavy atom. The van der Waals surface area contributed by atoms with Crippen LogP contribution < -0.4 is 9.80 Å². The van der Waals surface area contributed by atoms with E-state index in [0.717, 1.165) is 80.4 Å². The van der Waals surface area contributed by atoms with Crippen LogP contribution in [-0.4, -0.2) is 26.2 Å². The van der Waals surface area contributed by atoms with E-state index in [9.17, 15) is 10.2 Å². The predicted octanol–water partition coefficient (Wildman–Crippen LogP) is 20.4. The fourth-order valence-electron chi connectivity index (χ4n) is 9.45. The van der Waals surface area contributed by atoms with Gasteiger partial charge in [0.25, 0.3) is 0 Å². The van der Waals surface area contributed by atoms with Crippen LogP contribution in [0, 0.1) is 0 Å². The molecule has 0 amide bonds. The summed E-state index contributed by atoms with van der Waals surface area (Å²) in [6, 6.07) is 32.1. The Morgan fingerprint density at radius 3 is 0.857 bits per heavy atom. The highest BCUT2D eigenvalue weighted by atomic mass is 32.1. The van der Waals surface area contributed by atoms with Gasteiger partial charge in [-0.15, -0.1) is 22.7 Å². The van der Waals surface area contributed by atoms with Crippen molar-refractivity contribution in [3.63, 3.8) is 0 Å². The standard InChI is InChI=1S/C64H86N2O2S2/c1-17-21-33-65(34-22-18-2)47-29-25-43(26-30-47)55-41-49(59(69-55)45-37-51(61(5,6)7)57(67)52(38-45)62(8,9)10)50-42-56(44-27-31-48(32-28-44)66(35-23-19-3)36-24-20-4)70-60(50)46-39-53(63(11,12)13)58(68)54(40-46)64(14,15)16/h25-32,37-42H,17-24,33-36H2,1-16H3. The first-order valence-electron chi connectivity index (χ1n) is 26.6. The Hall–Kier alpha value is -4.52. The molecule has 0 unspecified atom stereocenters. The molecule has 2 heterocycles. The lowest BCUT2D eigenvalue weighted by atomic mass is 9.77. The first-order chi connectivity index (χ1) is 32.9. The Bertz CT molecular complexity index is 2380. The summed E-state index contributed by atoms with van der Waals surface area (Å²) in [5.74, 6) is 0.279. The third-order valence-corrected chi connectivity index (χ3v) is 16.3. The fraction of sp³-hybridized carbons (Fsp3) is 0.500. The molecule has 0 aliphatic rings. The molecule has 4 aromatic carbocycles. The third kappa shape index (κ3) is 12.7. The number of hydrogen-bond acceptors (Lipinski definition) is 4. The van der Waals surface area contributed by atoms with Crippen molar-refractivity contribution in [1.29, 1.82) is 0 Å². The molecule has 0 N–H and O–H groups in total. The quantitative estimate of drug-likeness (QED) is 0.0812. The SMILES string of the molecule is CCCCN(CCCC)c1ccc(-c2cc(-c3cc(-c4ccc(N(CCCC)CCCC)cc4)sc3-c3cc(C(C)(C)C)c([O])c(C(C)(C)C)c3)c(-c3cc(C(C)(C)C)c([O])c(C(C)(C)C)c3)s2)cc1. The summed E-state index contributed by atoms with van der Waals surface area (Å²) >= 11 is 3.65. The van der Waals surface area contributed by atoms with Crippen LogP contribution in [0.3, 0.4) is 0 Å². The van der Waals surface area contributed by atoms with Crippen LogP contribution in [0.15, 0.2) is 84.9 Å². The molecule has 70 heavy (non-hydrogen) atoms.